The highest BCUT2D eigenvalue weighted by molar-refractivity contribution is 7.18. The van der Waals surface area contributed by atoms with Gasteiger partial charge in [0.25, 0.3) is 5.91 Å². The third-order valence-corrected chi connectivity index (χ3v) is 6.67. The number of benzene rings is 1. The number of hydrogen-bond acceptors (Lipinski definition) is 7. The van der Waals surface area contributed by atoms with Crippen molar-refractivity contribution in [2.75, 3.05) is 56.6 Å². The molecule has 1 aromatic carbocycles. The average Bonchev–Trinajstić information content (AvgIpc) is 3.09. The molecule has 0 aliphatic carbocycles. The van der Waals surface area contributed by atoms with Crippen LogP contribution in [0.15, 0.2) is 24.3 Å². The van der Waals surface area contributed by atoms with Gasteiger partial charge in [-0.1, -0.05) is 17.7 Å². The van der Waals surface area contributed by atoms with Gasteiger partial charge in [0, 0.05) is 43.9 Å². The van der Waals surface area contributed by atoms with E-state index in [9.17, 15) is 14.4 Å². The number of esters is 1. The molecular weight excluding hydrogens is 452 g/mol. The minimum atomic E-state index is -0.554. The molecule has 1 fully saturated rings. The summed E-state index contributed by atoms with van der Waals surface area (Å²) in [6.45, 7) is 6.78. The highest BCUT2D eigenvalue weighted by atomic mass is 35.5. The predicted octanol–water partition coefficient (Wildman–Crippen LogP) is 3.01. The molecule has 0 radical (unpaired) electrons. The van der Waals surface area contributed by atoms with E-state index in [1.54, 1.807) is 13.8 Å². The fourth-order valence-electron chi connectivity index (χ4n) is 3.59. The van der Waals surface area contributed by atoms with Crippen molar-refractivity contribution in [2.45, 2.75) is 13.8 Å². The second-order valence-electron chi connectivity index (χ2n) is 7.35. The molecule has 1 aromatic heterocycles. The Morgan fingerprint density at radius 3 is 2.53 bits per heavy atom. The van der Waals surface area contributed by atoms with Crippen LogP contribution < -0.4 is 15.5 Å². The second kappa shape index (κ2) is 10.8. The van der Waals surface area contributed by atoms with Crippen LogP contribution in [-0.2, 0) is 9.53 Å². The molecule has 0 saturated carbocycles. The Kier molecular flexibility index (Phi) is 8.11. The maximum absolute atomic E-state index is 12.7. The largest absolute Gasteiger partial charge is 0.462 e. The van der Waals surface area contributed by atoms with Crippen LogP contribution in [0.25, 0.3) is 0 Å². The minimum Gasteiger partial charge on any atom is -0.462 e. The van der Waals surface area contributed by atoms with E-state index >= 15 is 0 Å². The van der Waals surface area contributed by atoms with E-state index in [0.717, 1.165) is 43.2 Å². The van der Waals surface area contributed by atoms with Gasteiger partial charge in [0.05, 0.1) is 23.6 Å². The summed E-state index contributed by atoms with van der Waals surface area (Å²) in [6.07, 6.45) is 0. The number of carbonyl (C=O) groups is 3. The lowest BCUT2D eigenvalue weighted by Gasteiger charge is -2.35. The first-order chi connectivity index (χ1) is 15.3. The zero-order valence-electron chi connectivity index (χ0n) is 18.4. The molecule has 2 amide bonds. The van der Waals surface area contributed by atoms with Crippen molar-refractivity contribution in [3.8, 4) is 0 Å². The maximum atomic E-state index is 12.7. The van der Waals surface area contributed by atoms with E-state index in [2.05, 4.69) is 20.4 Å². The molecule has 0 spiro atoms. The Bertz CT molecular complexity index is 1000. The molecule has 2 heterocycles. The van der Waals surface area contributed by atoms with E-state index in [4.69, 9.17) is 16.3 Å². The van der Waals surface area contributed by atoms with Crippen LogP contribution in [0.1, 0.15) is 32.5 Å². The topological polar surface area (TPSA) is 91.0 Å². The first-order valence-electron chi connectivity index (χ1n) is 10.4. The van der Waals surface area contributed by atoms with Gasteiger partial charge in [-0.25, -0.2) is 4.79 Å². The molecule has 2 aromatic rings. The Morgan fingerprint density at radius 2 is 1.91 bits per heavy atom. The number of rotatable bonds is 7. The molecule has 172 valence electrons. The Labute approximate surface area is 196 Å². The molecule has 0 atom stereocenters. The van der Waals surface area contributed by atoms with Gasteiger partial charge in [-0.15, -0.1) is 11.3 Å². The van der Waals surface area contributed by atoms with E-state index in [0.29, 0.717) is 20.5 Å². The van der Waals surface area contributed by atoms with Crippen molar-refractivity contribution in [3.05, 3.63) is 45.3 Å². The number of nitrogens with one attached hydrogen (secondary N) is 2. The molecule has 8 nitrogen and oxygen atoms in total. The van der Waals surface area contributed by atoms with E-state index in [1.807, 2.05) is 24.3 Å². The summed E-state index contributed by atoms with van der Waals surface area (Å²) < 4.78 is 5.13. The quantitative estimate of drug-likeness (QED) is 0.594. The van der Waals surface area contributed by atoms with Crippen LogP contribution in [0, 0.1) is 6.92 Å². The Hall–Kier alpha value is -2.62. The number of halogens is 1. The van der Waals surface area contributed by atoms with E-state index < -0.39 is 5.97 Å². The van der Waals surface area contributed by atoms with Crippen LogP contribution >= 0.6 is 22.9 Å². The number of hydrogen-bond donors (Lipinski definition) is 2. The maximum Gasteiger partial charge on any atom is 0.341 e. The third-order valence-electron chi connectivity index (χ3n) is 5.23. The SMILES string of the molecule is CCOC(=O)c1c(NC(=O)CN2CCN(c3cccc(Cl)c3)CC2)sc(C(=O)NC)c1C. The number of anilines is 2. The Morgan fingerprint density at radius 1 is 1.19 bits per heavy atom. The van der Waals surface area contributed by atoms with Gasteiger partial charge >= 0.3 is 5.97 Å². The van der Waals surface area contributed by atoms with Crippen molar-refractivity contribution in [1.82, 2.24) is 10.2 Å². The molecule has 1 aliphatic heterocycles. The normalized spacial score (nSPS) is 14.2. The van der Waals surface area contributed by atoms with Gasteiger partial charge in [0.1, 0.15) is 5.00 Å². The third kappa shape index (κ3) is 5.59. The van der Waals surface area contributed by atoms with Gasteiger partial charge in [-0.2, -0.15) is 0 Å². The van der Waals surface area contributed by atoms with E-state index in [-0.39, 0.29) is 30.5 Å². The summed E-state index contributed by atoms with van der Waals surface area (Å²) >= 11 is 7.17. The summed E-state index contributed by atoms with van der Waals surface area (Å²) in [7, 11) is 1.52. The standard InChI is InChI=1S/C22H27ClN4O4S/c1-4-31-22(30)18-14(2)19(20(29)24-3)32-21(18)25-17(28)13-26-8-10-27(11-9-26)16-7-5-6-15(23)12-16/h5-7,12H,4,8-11,13H2,1-3H3,(H,24,29)(H,25,28). The summed E-state index contributed by atoms with van der Waals surface area (Å²) in [6, 6.07) is 7.73. The predicted molar refractivity (Wildman–Crippen MR) is 127 cm³/mol. The van der Waals surface area contributed by atoms with Crippen molar-refractivity contribution in [1.29, 1.82) is 0 Å². The van der Waals surface area contributed by atoms with Crippen molar-refractivity contribution in [2.24, 2.45) is 0 Å². The molecule has 0 unspecified atom stereocenters. The number of piperazine rings is 1. The highest BCUT2D eigenvalue weighted by Gasteiger charge is 2.27. The highest BCUT2D eigenvalue weighted by Crippen LogP contribution is 2.33. The molecule has 10 heteroatoms. The van der Waals surface area contributed by atoms with Crippen LogP contribution in [0.4, 0.5) is 10.7 Å². The Balaban J connectivity index is 1.64. The molecule has 3 rings (SSSR count). The molecule has 2 N–H and O–H groups in total. The second-order valence-corrected chi connectivity index (χ2v) is 8.81. The molecular formula is C22H27ClN4O4S. The van der Waals surface area contributed by atoms with Gasteiger partial charge in [0.2, 0.25) is 5.91 Å². The molecule has 1 saturated heterocycles. The smallest absolute Gasteiger partial charge is 0.341 e. The van der Waals surface area contributed by atoms with E-state index in [1.165, 1.54) is 7.05 Å². The lowest BCUT2D eigenvalue weighted by Crippen LogP contribution is -2.48. The van der Waals surface area contributed by atoms with Crippen LogP contribution in [0.5, 0.6) is 0 Å². The van der Waals surface area contributed by atoms with Crippen molar-refractivity contribution in [3.63, 3.8) is 0 Å². The zero-order valence-corrected chi connectivity index (χ0v) is 19.9. The summed E-state index contributed by atoms with van der Waals surface area (Å²) in [5, 5.41) is 6.41. The average molecular weight is 479 g/mol. The lowest BCUT2D eigenvalue weighted by molar-refractivity contribution is -0.117. The van der Waals surface area contributed by atoms with Gasteiger partial charge in [0.15, 0.2) is 0 Å². The fourth-order valence-corrected chi connectivity index (χ4v) is 4.93. The fraction of sp³-hybridized carbons (Fsp3) is 0.409. The number of ether oxygens (including phenoxy) is 1. The number of nitrogens with zero attached hydrogens (tertiary/aromatic N) is 2. The van der Waals surface area contributed by atoms with Crippen LogP contribution in [0.2, 0.25) is 5.02 Å². The minimum absolute atomic E-state index is 0.192. The number of carbonyl (C=O) groups excluding carboxylic acids is 3. The lowest BCUT2D eigenvalue weighted by atomic mass is 10.1. The molecule has 32 heavy (non-hydrogen) atoms. The molecule has 1 aliphatic rings. The summed E-state index contributed by atoms with van der Waals surface area (Å²) in [5.74, 6) is -1.10. The zero-order chi connectivity index (χ0) is 23.3. The first kappa shape index (κ1) is 24.0. The van der Waals surface area contributed by atoms with Crippen molar-refractivity contribution >= 4 is 51.4 Å². The van der Waals surface area contributed by atoms with Gasteiger partial charge in [-0.3, -0.25) is 14.5 Å². The van der Waals surface area contributed by atoms with Gasteiger partial charge in [-0.05, 0) is 37.6 Å². The number of amides is 2. The first-order valence-corrected chi connectivity index (χ1v) is 11.6. The molecule has 0 bridgehead atoms. The summed E-state index contributed by atoms with van der Waals surface area (Å²) in [5.41, 5.74) is 1.80. The summed E-state index contributed by atoms with van der Waals surface area (Å²) in [4.78, 5) is 42.0. The van der Waals surface area contributed by atoms with Crippen LogP contribution in [-0.4, -0.2) is 69.1 Å². The number of thiophene rings is 1. The monoisotopic (exact) mass is 478 g/mol. The van der Waals surface area contributed by atoms with Crippen molar-refractivity contribution < 1.29 is 19.1 Å². The van der Waals surface area contributed by atoms with Crippen LogP contribution in [0.3, 0.4) is 0 Å². The van der Waals surface area contributed by atoms with Gasteiger partial charge < -0.3 is 20.3 Å².